The third-order valence-electron chi connectivity index (χ3n) is 2.85. The smallest absolute Gasteiger partial charge is 0.162 e. The highest BCUT2D eigenvalue weighted by atomic mass is 16.5. The van der Waals surface area contributed by atoms with Crippen LogP contribution in [0.3, 0.4) is 0 Å². The summed E-state index contributed by atoms with van der Waals surface area (Å²) in [5.74, 6) is 1.55. The zero-order valence-electron chi connectivity index (χ0n) is 10.1. The molecule has 2 rings (SSSR count). The zero-order valence-corrected chi connectivity index (χ0v) is 10.1. The SMILES string of the molecule is CCCC(=O)c1ccc(OCC2COC2)cc1. The van der Waals surface area contributed by atoms with E-state index in [4.69, 9.17) is 9.47 Å². The maximum Gasteiger partial charge on any atom is 0.162 e. The van der Waals surface area contributed by atoms with Crippen LogP contribution in [0.25, 0.3) is 0 Å². The topological polar surface area (TPSA) is 35.5 Å². The van der Waals surface area contributed by atoms with Gasteiger partial charge < -0.3 is 9.47 Å². The Balaban J connectivity index is 1.85. The summed E-state index contributed by atoms with van der Waals surface area (Å²) in [5, 5.41) is 0. The second-order valence-corrected chi connectivity index (χ2v) is 4.41. The molecule has 0 spiro atoms. The first-order valence-electron chi connectivity index (χ1n) is 6.13. The molecule has 0 unspecified atom stereocenters. The number of benzene rings is 1. The molecule has 0 radical (unpaired) electrons. The molecule has 3 nitrogen and oxygen atoms in total. The van der Waals surface area contributed by atoms with Crippen LogP contribution in [0.2, 0.25) is 0 Å². The first kappa shape index (κ1) is 12.1. The molecule has 0 N–H and O–H groups in total. The van der Waals surface area contributed by atoms with Crippen molar-refractivity contribution >= 4 is 5.78 Å². The molecule has 3 heteroatoms. The summed E-state index contributed by atoms with van der Waals surface area (Å²) in [7, 11) is 0. The minimum atomic E-state index is 0.200. The number of carbonyl (C=O) groups excluding carboxylic acids is 1. The number of hydrogen-bond donors (Lipinski definition) is 0. The summed E-state index contributed by atoms with van der Waals surface area (Å²) in [6.45, 7) is 4.30. The van der Waals surface area contributed by atoms with Crippen molar-refractivity contribution in [3.8, 4) is 5.75 Å². The Labute approximate surface area is 102 Å². The lowest BCUT2D eigenvalue weighted by molar-refractivity contribution is -0.0508. The Morgan fingerprint density at radius 2 is 2.06 bits per heavy atom. The van der Waals surface area contributed by atoms with E-state index in [0.717, 1.165) is 30.9 Å². The Kier molecular flexibility index (Phi) is 4.15. The van der Waals surface area contributed by atoms with Crippen LogP contribution in [-0.4, -0.2) is 25.6 Å². The number of hydrogen-bond acceptors (Lipinski definition) is 3. The van der Waals surface area contributed by atoms with Gasteiger partial charge in [0.05, 0.1) is 19.8 Å². The minimum absolute atomic E-state index is 0.200. The van der Waals surface area contributed by atoms with Gasteiger partial charge in [0.25, 0.3) is 0 Å². The van der Waals surface area contributed by atoms with Crippen molar-refractivity contribution in [1.29, 1.82) is 0 Å². The van der Waals surface area contributed by atoms with E-state index < -0.39 is 0 Å². The van der Waals surface area contributed by atoms with Gasteiger partial charge in [-0.2, -0.15) is 0 Å². The number of rotatable bonds is 6. The van der Waals surface area contributed by atoms with Crippen LogP contribution in [-0.2, 0) is 4.74 Å². The number of Topliss-reactive ketones (excluding diaryl/α,β-unsaturated/α-hetero) is 1. The van der Waals surface area contributed by atoms with Gasteiger partial charge in [0.15, 0.2) is 5.78 Å². The Morgan fingerprint density at radius 1 is 1.35 bits per heavy atom. The maximum atomic E-state index is 11.6. The van der Waals surface area contributed by atoms with Crippen molar-refractivity contribution in [3.63, 3.8) is 0 Å². The highest BCUT2D eigenvalue weighted by Crippen LogP contribution is 2.17. The number of ketones is 1. The zero-order chi connectivity index (χ0) is 12.1. The van der Waals surface area contributed by atoms with E-state index in [1.54, 1.807) is 0 Å². The van der Waals surface area contributed by atoms with E-state index in [1.165, 1.54) is 0 Å². The lowest BCUT2D eigenvalue weighted by atomic mass is 10.1. The van der Waals surface area contributed by atoms with Gasteiger partial charge in [-0.15, -0.1) is 0 Å². The number of carbonyl (C=O) groups is 1. The fourth-order valence-corrected chi connectivity index (χ4v) is 1.70. The van der Waals surface area contributed by atoms with Gasteiger partial charge in [-0.05, 0) is 30.7 Å². The van der Waals surface area contributed by atoms with Crippen LogP contribution in [0, 0.1) is 5.92 Å². The van der Waals surface area contributed by atoms with Crippen LogP contribution < -0.4 is 4.74 Å². The van der Waals surface area contributed by atoms with Crippen LogP contribution in [0.15, 0.2) is 24.3 Å². The first-order valence-corrected chi connectivity index (χ1v) is 6.13. The predicted molar refractivity (Wildman–Crippen MR) is 65.5 cm³/mol. The largest absolute Gasteiger partial charge is 0.493 e. The summed E-state index contributed by atoms with van der Waals surface area (Å²) in [6.07, 6.45) is 1.50. The normalized spacial score (nSPS) is 15.4. The molecule has 0 aromatic heterocycles. The Bertz CT molecular complexity index is 366. The number of ether oxygens (including phenoxy) is 2. The Hall–Kier alpha value is -1.35. The highest BCUT2D eigenvalue weighted by Gasteiger charge is 2.18. The summed E-state index contributed by atoms with van der Waals surface area (Å²) in [6, 6.07) is 7.40. The molecular formula is C14H18O3. The van der Waals surface area contributed by atoms with E-state index in [-0.39, 0.29) is 5.78 Å². The first-order chi connectivity index (χ1) is 8.29. The fraction of sp³-hybridized carbons (Fsp3) is 0.500. The average molecular weight is 234 g/mol. The summed E-state index contributed by atoms with van der Waals surface area (Å²) < 4.78 is 10.7. The van der Waals surface area contributed by atoms with E-state index >= 15 is 0 Å². The second-order valence-electron chi connectivity index (χ2n) is 4.41. The van der Waals surface area contributed by atoms with Crippen LogP contribution in [0.4, 0.5) is 0 Å². The van der Waals surface area contributed by atoms with Crippen molar-refractivity contribution < 1.29 is 14.3 Å². The van der Waals surface area contributed by atoms with Crippen LogP contribution in [0.5, 0.6) is 5.75 Å². The average Bonchev–Trinajstić information content (AvgIpc) is 2.28. The van der Waals surface area contributed by atoms with Gasteiger partial charge in [0, 0.05) is 17.9 Å². The van der Waals surface area contributed by atoms with Crippen LogP contribution in [0.1, 0.15) is 30.1 Å². The lowest BCUT2D eigenvalue weighted by Gasteiger charge is -2.25. The minimum Gasteiger partial charge on any atom is -0.493 e. The van der Waals surface area contributed by atoms with E-state index in [9.17, 15) is 4.79 Å². The van der Waals surface area contributed by atoms with E-state index in [2.05, 4.69) is 0 Å². The second kappa shape index (κ2) is 5.82. The third-order valence-corrected chi connectivity index (χ3v) is 2.85. The molecule has 1 heterocycles. The summed E-state index contributed by atoms with van der Waals surface area (Å²) in [4.78, 5) is 11.6. The molecule has 92 valence electrons. The molecule has 1 aromatic carbocycles. The maximum absolute atomic E-state index is 11.6. The van der Waals surface area contributed by atoms with Crippen molar-refractivity contribution in [2.24, 2.45) is 5.92 Å². The van der Waals surface area contributed by atoms with Gasteiger partial charge >= 0.3 is 0 Å². The molecule has 0 bridgehead atoms. The summed E-state index contributed by atoms with van der Waals surface area (Å²) >= 11 is 0. The van der Waals surface area contributed by atoms with Crippen molar-refractivity contribution in [2.45, 2.75) is 19.8 Å². The molecule has 17 heavy (non-hydrogen) atoms. The molecule has 1 aliphatic heterocycles. The van der Waals surface area contributed by atoms with Gasteiger partial charge in [-0.1, -0.05) is 6.92 Å². The van der Waals surface area contributed by atoms with Crippen molar-refractivity contribution in [2.75, 3.05) is 19.8 Å². The van der Waals surface area contributed by atoms with Crippen LogP contribution >= 0.6 is 0 Å². The van der Waals surface area contributed by atoms with Crippen molar-refractivity contribution in [1.82, 2.24) is 0 Å². The third kappa shape index (κ3) is 3.30. The fourth-order valence-electron chi connectivity index (χ4n) is 1.70. The standard InChI is InChI=1S/C14H18O3/c1-2-3-14(15)12-4-6-13(7-5-12)17-10-11-8-16-9-11/h4-7,11H,2-3,8-10H2,1H3. The molecule has 0 aliphatic carbocycles. The molecular weight excluding hydrogens is 216 g/mol. The Morgan fingerprint density at radius 3 is 2.59 bits per heavy atom. The highest BCUT2D eigenvalue weighted by molar-refractivity contribution is 5.96. The molecule has 0 amide bonds. The molecule has 1 aliphatic rings. The van der Waals surface area contributed by atoms with Gasteiger partial charge in [0.2, 0.25) is 0 Å². The van der Waals surface area contributed by atoms with E-state index in [0.29, 0.717) is 18.9 Å². The molecule has 0 saturated carbocycles. The lowest BCUT2D eigenvalue weighted by Crippen LogP contribution is -2.32. The van der Waals surface area contributed by atoms with Crippen molar-refractivity contribution in [3.05, 3.63) is 29.8 Å². The van der Waals surface area contributed by atoms with E-state index in [1.807, 2.05) is 31.2 Å². The quantitative estimate of drug-likeness (QED) is 0.710. The monoisotopic (exact) mass is 234 g/mol. The molecule has 0 atom stereocenters. The van der Waals surface area contributed by atoms with Gasteiger partial charge in [0.1, 0.15) is 5.75 Å². The van der Waals surface area contributed by atoms with Gasteiger partial charge in [-0.3, -0.25) is 4.79 Å². The van der Waals surface area contributed by atoms with Gasteiger partial charge in [-0.25, -0.2) is 0 Å². The molecule has 1 saturated heterocycles. The molecule has 1 fully saturated rings. The predicted octanol–water partition coefficient (Wildman–Crippen LogP) is 2.69. The summed E-state index contributed by atoms with van der Waals surface area (Å²) in [5.41, 5.74) is 0.770. The molecule has 1 aromatic rings.